The predicted octanol–water partition coefficient (Wildman–Crippen LogP) is 4.24. The number of benzene rings is 1. The van der Waals surface area contributed by atoms with Gasteiger partial charge in [0.2, 0.25) is 0 Å². The molecule has 0 amide bonds. The van der Waals surface area contributed by atoms with Crippen molar-refractivity contribution in [3.63, 3.8) is 0 Å². The van der Waals surface area contributed by atoms with Crippen LogP contribution in [0, 0.1) is 0 Å². The molecule has 0 unspecified atom stereocenters. The Balaban J connectivity index is 1.73. The first-order valence-electron chi connectivity index (χ1n) is 6.98. The maximum Gasteiger partial charge on any atom is 0.150 e. The van der Waals surface area contributed by atoms with Gasteiger partial charge in [-0.05, 0) is 30.9 Å². The van der Waals surface area contributed by atoms with Crippen LogP contribution in [0.1, 0.15) is 19.2 Å². The van der Waals surface area contributed by atoms with Crippen molar-refractivity contribution >= 4 is 39.0 Å². The predicted molar refractivity (Wildman–Crippen MR) is 91.2 cm³/mol. The highest BCUT2D eigenvalue weighted by Gasteiger charge is 2.05. The van der Waals surface area contributed by atoms with E-state index < -0.39 is 0 Å². The molecule has 1 aromatic carbocycles. The van der Waals surface area contributed by atoms with E-state index in [-0.39, 0.29) is 0 Å². The smallest absolute Gasteiger partial charge is 0.150 e. The molecule has 0 bridgehead atoms. The largest absolute Gasteiger partial charge is 0.378 e. The van der Waals surface area contributed by atoms with Crippen LogP contribution < -0.4 is 5.32 Å². The molecule has 3 rings (SSSR count). The highest BCUT2D eigenvalue weighted by Crippen LogP contribution is 2.30. The minimum atomic E-state index is 0.743. The van der Waals surface area contributed by atoms with Crippen LogP contribution in [-0.4, -0.2) is 20.8 Å². The Kier molecular flexibility index (Phi) is 4.45. The molecule has 0 saturated heterocycles. The van der Waals surface area contributed by atoms with Gasteiger partial charge in [0.1, 0.15) is 5.82 Å². The molecule has 0 aliphatic rings. The first-order valence-corrected chi connectivity index (χ1v) is 9.02. The summed E-state index contributed by atoms with van der Waals surface area (Å²) in [6.45, 7) is 3.94. The van der Waals surface area contributed by atoms with Gasteiger partial charge in [0.05, 0.1) is 16.8 Å². The number of hydrogen-bond donors (Lipinski definition) is 1. The van der Waals surface area contributed by atoms with E-state index in [1.165, 1.54) is 4.70 Å². The van der Waals surface area contributed by atoms with E-state index in [4.69, 9.17) is 0 Å². The molecular formula is C15H18N4S2. The van der Waals surface area contributed by atoms with Gasteiger partial charge in [-0.25, -0.2) is 9.97 Å². The standard InChI is InChI=1S/C15H18N4S2/c1-3-7-19-8-6-16-14(19)10-17-11-4-5-12-13(9-11)21-15(18-12)20-2/h4-6,8-9,17H,3,7,10H2,1-2H3. The fourth-order valence-corrected chi connectivity index (χ4v) is 3.76. The molecule has 0 radical (unpaired) electrons. The van der Waals surface area contributed by atoms with Crippen LogP contribution >= 0.6 is 23.1 Å². The Hall–Kier alpha value is -1.53. The Morgan fingerprint density at radius 2 is 2.29 bits per heavy atom. The monoisotopic (exact) mass is 318 g/mol. The number of aromatic nitrogens is 3. The van der Waals surface area contributed by atoms with E-state index in [0.717, 1.165) is 40.9 Å². The number of fused-ring (bicyclic) bond motifs is 1. The molecule has 0 saturated carbocycles. The topological polar surface area (TPSA) is 42.7 Å². The summed E-state index contributed by atoms with van der Waals surface area (Å²) in [6, 6.07) is 6.32. The summed E-state index contributed by atoms with van der Waals surface area (Å²) in [4.78, 5) is 8.98. The number of aryl methyl sites for hydroxylation is 1. The molecule has 2 aromatic heterocycles. The zero-order valence-corrected chi connectivity index (χ0v) is 13.8. The van der Waals surface area contributed by atoms with Gasteiger partial charge in [0, 0.05) is 24.6 Å². The van der Waals surface area contributed by atoms with Gasteiger partial charge in [0.25, 0.3) is 0 Å². The van der Waals surface area contributed by atoms with Crippen LogP contribution in [0.3, 0.4) is 0 Å². The lowest BCUT2D eigenvalue weighted by atomic mass is 10.3. The molecule has 0 spiro atoms. The zero-order chi connectivity index (χ0) is 14.7. The summed E-state index contributed by atoms with van der Waals surface area (Å²) >= 11 is 3.43. The fraction of sp³-hybridized carbons (Fsp3) is 0.333. The quantitative estimate of drug-likeness (QED) is 0.690. The van der Waals surface area contributed by atoms with Crippen LogP contribution in [0.5, 0.6) is 0 Å². The Bertz CT molecular complexity index is 732. The van der Waals surface area contributed by atoms with E-state index >= 15 is 0 Å². The zero-order valence-electron chi connectivity index (χ0n) is 12.2. The van der Waals surface area contributed by atoms with Crippen LogP contribution in [0.4, 0.5) is 5.69 Å². The maximum absolute atomic E-state index is 4.56. The number of anilines is 1. The average Bonchev–Trinajstić information content (AvgIpc) is 3.11. The van der Waals surface area contributed by atoms with Crippen LogP contribution in [0.2, 0.25) is 0 Å². The Morgan fingerprint density at radius 3 is 3.10 bits per heavy atom. The number of thioether (sulfide) groups is 1. The summed E-state index contributed by atoms with van der Waals surface area (Å²) < 4.78 is 4.53. The lowest BCUT2D eigenvalue weighted by Crippen LogP contribution is -2.08. The average molecular weight is 318 g/mol. The van der Waals surface area contributed by atoms with Crippen molar-refractivity contribution in [2.75, 3.05) is 11.6 Å². The molecule has 0 aliphatic heterocycles. The van der Waals surface area contributed by atoms with Crippen molar-refractivity contribution in [3.8, 4) is 0 Å². The van der Waals surface area contributed by atoms with Crippen molar-refractivity contribution in [2.45, 2.75) is 30.8 Å². The van der Waals surface area contributed by atoms with Crippen LogP contribution in [0.25, 0.3) is 10.2 Å². The summed E-state index contributed by atoms with van der Waals surface area (Å²) in [6.07, 6.45) is 7.08. The van der Waals surface area contributed by atoms with Gasteiger partial charge in [0.15, 0.2) is 4.34 Å². The van der Waals surface area contributed by atoms with Crippen molar-refractivity contribution in [3.05, 3.63) is 36.4 Å². The molecular weight excluding hydrogens is 300 g/mol. The summed E-state index contributed by atoms with van der Waals surface area (Å²) in [5.41, 5.74) is 2.19. The number of imidazole rings is 1. The van der Waals surface area contributed by atoms with E-state index in [9.17, 15) is 0 Å². The third-order valence-electron chi connectivity index (χ3n) is 3.26. The van der Waals surface area contributed by atoms with Gasteiger partial charge in [-0.2, -0.15) is 0 Å². The van der Waals surface area contributed by atoms with Crippen LogP contribution in [0.15, 0.2) is 34.9 Å². The second kappa shape index (κ2) is 6.49. The first kappa shape index (κ1) is 14.4. The number of hydrogen-bond acceptors (Lipinski definition) is 5. The van der Waals surface area contributed by atoms with E-state index in [2.05, 4.69) is 51.2 Å². The van der Waals surface area contributed by atoms with Gasteiger partial charge in [-0.15, -0.1) is 11.3 Å². The number of nitrogens with zero attached hydrogens (tertiary/aromatic N) is 3. The first-order chi connectivity index (χ1) is 10.3. The molecule has 4 nitrogen and oxygen atoms in total. The molecule has 21 heavy (non-hydrogen) atoms. The van der Waals surface area contributed by atoms with Gasteiger partial charge >= 0.3 is 0 Å². The molecule has 0 aliphatic carbocycles. The van der Waals surface area contributed by atoms with Crippen LogP contribution in [-0.2, 0) is 13.1 Å². The van der Waals surface area contributed by atoms with E-state index in [1.807, 2.05) is 12.4 Å². The molecule has 3 aromatic rings. The van der Waals surface area contributed by atoms with E-state index in [1.54, 1.807) is 23.1 Å². The third-order valence-corrected chi connectivity index (χ3v) is 5.26. The number of nitrogens with one attached hydrogen (secondary N) is 1. The third kappa shape index (κ3) is 3.22. The maximum atomic E-state index is 4.56. The van der Waals surface area contributed by atoms with Gasteiger partial charge in [-0.3, -0.25) is 0 Å². The lowest BCUT2D eigenvalue weighted by molar-refractivity contribution is 0.644. The molecule has 110 valence electrons. The minimum Gasteiger partial charge on any atom is -0.378 e. The summed E-state index contributed by atoms with van der Waals surface area (Å²) in [5, 5.41) is 3.45. The van der Waals surface area contributed by atoms with Gasteiger partial charge in [-0.1, -0.05) is 18.7 Å². The SMILES string of the molecule is CCCn1ccnc1CNc1ccc2nc(SC)sc2c1. The molecule has 6 heteroatoms. The van der Waals surface area contributed by atoms with Crippen molar-refractivity contribution < 1.29 is 0 Å². The molecule has 2 heterocycles. The second-order valence-electron chi connectivity index (χ2n) is 4.76. The minimum absolute atomic E-state index is 0.743. The highest BCUT2D eigenvalue weighted by atomic mass is 32.2. The summed E-state index contributed by atoms with van der Waals surface area (Å²) in [5.74, 6) is 1.08. The fourth-order valence-electron chi connectivity index (χ4n) is 2.23. The number of rotatable bonds is 6. The molecule has 0 atom stereocenters. The molecule has 1 N–H and O–H groups in total. The van der Waals surface area contributed by atoms with E-state index in [0.29, 0.717) is 0 Å². The van der Waals surface area contributed by atoms with Gasteiger partial charge < -0.3 is 9.88 Å². The Labute approximate surface area is 132 Å². The Morgan fingerprint density at radius 1 is 1.38 bits per heavy atom. The number of thiazole rings is 1. The normalized spacial score (nSPS) is 11.1. The summed E-state index contributed by atoms with van der Waals surface area (Å²) in [7, 11) is 0. The van der Waals surface area contributed by atoms with Crippen molar-refractivity contribution in [1.29, 1.82) is 0 Å². The highest BCUT2D eigenvalue weighted by molar-refractivity contribution is 8.00. The second-order valence-corrected chi connectivity index (χ2v) is 6.84. The lowest BCUT2D eigenvalue weighted by Gasteiger charge is -2.08. The molecule has 0 fully saturated rings. The van der Waals surface area contributed by atoms with Crippen molar-refractivity contribution in [1.82, 2.24) is 14.5 Å². The van der Waals surface area contributed by atoms with Crippen molar-refractivity contribution in [2.24, 2.45) is 0 Å².